The van der Waals surface area contributed by atoms with Crippen LogP contribution in [0.4, 0.5) is 4.39 Å². The molecule has 1 aromatic carbocycles. The summed E-state index contributed by atoms with van der Waals surface area (Å²) in [5, 5.41) is 0.249. The molecule has 0 radical (unpaired) electrons. The third kappa shape index (κ3) is 4.20. The van der Waals surface area contributed by atoms with Crippen LogP contribution >= 0.6 is 11.6 Å². The number of benzene rings is 1. The van der Waals surface area contributed by atoms with Crippen LogP contribution in [0.15, 0.2) is 18.2 Å². The predicted molar refractivity (Wildman–Crippen MR) is 85.0 cm³/mol. The molecule has 0 aliphatic carbocycles. The topological polar surface area (TPSA) is 49.9 Å². The van der Waals surface area contributed by atoms with E-state index in [4.69, 9.17) is 16.3 Å². The summed E-state index contributed by atoms with van der Waals surface area (Å²) >= 11 is 5.70. The summed E-state index contributed by atoms with van der Waals surface area (Å²) in [7, 11) is 0. The van der Waals surface area contributed by atoms with Crippen LogP contribution in [0.25, 0.3) is 0 Å². The van der Waals surface area contributed by atoms with E-state index in [1.54, 1.807) is 16.7 Å². The first-order chi connectivity index (χ1) is 10.9. The SMILES string of the molecule is CCO[C@H](C)C(=O)N1CCN(C(=O)c2ccc(Cl)cc2F)CC1. The smallest absolute Gasteiger partial charge is 0.256 e. The number of amides is 2. The molecule has 1 aliphatic heterocycles. The summed E-state index contributed by atoms with van der Waals surface area (Å²) in [6.07, 6.45) is -0.490. The second kappa shape index (κ2) is 7.75. The van der Waals surface area contributed by atoms with Gasteiger partial charge in [-0.1, -0.05) is 11.6 Å². The van der Waals surface area contributed by atoms with E-state index in [9.17, 15) is 14.0 Å². The van der Waals surface area contributed by atoms with E-state index in [1.165, 1.54) is 12.1 Å². The number of hydrogen-bond donors (Lipinski definition) is 0. The maximum Gasteiger partial charge on any atom is 0.256 e. The number of rotatable bonds is 4. The second-order valence-electron chi connectivity index (χ2n) is 5.34. The second-order valence-corrected chi connectivity index (χ2v) is 5.78. The first kappa shape index (κ1) is 17.7. The highest BCUT2D eigenvalue weighted by atomic mass is 35.5. The molecule has 0 spiro atoms. The predicted octanol–water partition coefficient (Wildman–Crippen LogP) is 2.19. The zero-order valence-electron chi connectivity index (χ0n) is 13.2. The van der Waals surface area contributed by atoms with Gasteiger partial charge >= 0.3 is 0 Å². The van der Waals surface area contributed by atoms with Crippen molar-refractivity contribution in [2.75, 3.05) is 32.8 Å². The molecule has 1 aliphatic rings. The summed E-state index contributed by atoms with van der Waals surface area (Å²) in [5.74, 6) is -1.10. The van der Waals surface area contributed by atoms with Gasteiger partial charge in [-0.2, -0.15) is 0 Å². The van der Waals surface area contributed by atoms with E-state index in [-0.39, 0.29) is 22.4 Å². The van der Waals surface area contributed by atoms with Crippen LogP contribution in [0.2, 0.25) is 5.02 Å². The summed E-state index contributed by atoms with van der Waals surface area (Å²) < 4.78 is 19.1. The number of carbonyl (C=O) groups is 2. The number of piperazine rings is 1. The Labute approximate surface area is 140 Å². The highest BCUT2D eigenvalue weighted by Crippen LogP contribution is 2.17. The van der Waals surface area contributed by atoms with Crippen molar-refractivity contribution in [1.82, 2.24) is 9.80 Å². The zero-order chi connectivity index (χ0) is 17.0. The molecule has 1 fully saturated rings. The van der Waals surface area contributed by atoms with E-state index in [1.807, 2.05) is 6.92 Å². The minimum absolute atomic E-state index is 0.00291. The lowest BCUT2D eigenvalue weighted by molar-refractivity contribution is -0.143. The van der Waals surface area contributed by atoms with Crippen LogP contribution in [0.3, 0.4) is 0 Å². The molecule has 2 amide bonds. The fourth-order valence-electron chi connectivity index (χ4n) is 2.54. The van der Waals surface area contributed by atoms with Crippen LogP contribution < -0.4 is 0 Å². The third-order valence-electron chi connectivity index (χ3n) is 3.80. The van der Waals surface area contributed by atoms with Crippen molar-refractivity contribution in [3.63, 3.8) is 0 Å². The maximum absolute atomic E-state index is 13.8. The minimum atomic E-state index is -0.633. The van der Waals surface area contributed by atoms with E-state index in [0.29, 0.717) is 32.8 Å². The molecule has 5 nitrogen and oxygen atoms in total. The van der Waals surface area contributed by atoms with Crippen LogP contribution in [0.1, 0.15) is 24.2 Å². The van der Waals surface area contributed by atoms with Crippen LogP contribution in [0.5, 0.6) is 0 Å². The summed E-state index contributed by atoms with van der Waals surface area (Å²) in [5.41, 5.74) is -0.00291. The van der Waals surface area contributed by atoms with Gasteiger partial charge in [-0.15, -0.1) is 0 Å². The molecule has 0 bridgehead atoms. The normalized spacial score (nSPS) is 16.3. The van der Waals surface area contributed by atoms with Crippen molar-refractivity contribution < 1.29 is 18.7 Å². The van der Waals surface area contributed by atoms with Gasteiger partial charge in [0.1, 0.15) is 11.9 Å². The molecule has 0 N–H and O–H groups in total. The Hall–Kier alpha value is -1.66. The highest BCUT2D eigenvalue weighted by Gasteiger charge is 2.28. The van der Waals surface area contributed by atoms with Gasteiger partial charge in [-0.05, 0) is 32.0 Å². The molecule has 7 heteroatoms. The number of halogens is 2. The Morgan fingerprint density at radius 1 is 1.26 bits per heavy atom. The average molecular weight is 343 g/mol. The van der Waals surface area contributed by atoms with E-state index in [2.05, 4.69) is 0 Å². The van der Waals surface area contributed by atoms with Crippen molar-refractivity contribution in [2.24, 2.45) is 0 Å². The van der Waals surface area contributed by atoms with Crippen molar-refractivity contribution in [2.45, 2.75) is 20.0 Å². The molecular formula is C16H20ClFN2O3. The van der Waals surface area contributed by atoms with Gasteiger partial charge in [-0.25, -0.2) is 4.39 Å². The highest BCUT2D eigenvalue weighted by molar-refractivity contribution is 6.30. The Morgan fingerprint density at radius 2 is 1.87 bits per heavy atom. The first-order valence-corrected chi connectivity index (χ1v) is 7.96. The molecule has 1 heterocycles. The van der Waals surface area contributed by atoms with Crippen LogP contribution in [-0.4, -0.2) is 60.5 Å². The molecule has 1 aromatic rings. The van der Waals surface area contributed by atoms with Crippen molar-refractivity contribution in [1.29, 1.82) is 0 Å². The summed E-state index contributed by atoms with van der Waals surface area (Å²) in [6, 6.07) is 3.99. The standard InChI is InChI=1S/C16H20ClFN2O3/c1-3-23-11(2)15(21)19-6-8-20(9-7-19)16(22)13-5-4-12(17)10-14(13)18/h4-5,10-11H,3,6-9H2,1-2H3/t11-/m1/s1. The van der Waals surface area contributed by atoms with Crippen LogP contribution in [0, 0.1) is 5.82 Å². The number of nitrogens with zero attached hydrogens (tertiary/aromatic N) is 2. The first-order valence-electron chi connectivity index (χ1n) is 7.58. The van der Waals surface area contributed by atoms with Crippen molar-refractivity contribution in [3.8, 4) is 0 Å². The minimum Gasteiger partial charge on any atom is -0.369 e. The fraction of sp³-hybridized carbons (Fsp3) is 0.500. The molecule has 0 aromatic heterocycles. The molecule has 0 unspecified atom stereocenters. The third-order valence-corrected chi connectivity index (χ3v) is 4.04. The lowest BCUT2D eigenvalue weighted by Crippen LogP contribution is -2.53. The number of ether oxygens (including phenoxy) is 1. The Kier molecular flexibility index (Phi) is 5.96. The Balaban J connectivity index is 1.96. The van der Waals surface area contributed by atoms with Crippen molar-refractivity contribution in [3.05, 3.63) is 34.6 Å². The largest absolute Gasteiger partial charge is 0.369 e. The molecule has 1 saturated heterocycles. The summed E-state index contributed by atoms with van der Waals surface area (Å²) in [6.45, 7) is 5.58. The van der Waals surface area contributed by atoms with Gasteiger partial charge in [0.05, 0.1) is 5.56 Å². The average Bonchev–Trinajstić information content (AvgIpc) is 2.54. The monoisotopic (exact) mass is 342 g/mol. The Bertz CT molecular complexity index is 589. The number of carbonyl (C=O) groups excluding carboxylic acids is 2. The Morgan fingerprint density at radius 3 is 2.43 bits per heavy atom. The zero-order valence-corrected chi connectivity index (χ0v) is 14.0. The van der Waals surface area contributed by atoms with Gasteiger partial charge in [0.15, 0.2) is 0 Å². The fourth-order valence-corrected chi connectivity index (χ4v) is 2.70. The van der Waals surface area contributed by atoms with Crippen molar-refractivity contribution >= 4 is 23.4 Å². The van der Waals surface area contributed by atoms with E-state index >= 15 is 0 Å². The van der Waals surface area contributed by atoms with E-state index in [0.717, 1.165) is 6.07 Å². The van der Waals surface area contributed by atoms with Gasteiger partial charge in [-0.3, -0.25) is 9.59 Å². The molecule has 1 atom stereocenters. The molecule has 126 valence electrons. The maximum atomic E-state index is 13.8. The van der Waals surface area contributed by atoms with Gasteiger partial charge in [0.2, 0.25) is 0 Å². The van der Waals surface area contributed by atoms with Gasteiger partial charge < -0.3 is 14.5 Å². The molecule has 23 heavy (non-hydrogen) atoms. The summed E-state index contributed by atoms with van der Waals surface area (Å²) in [4.78, 5) is 27.7. The molecule has 0 saturated carbocycles. The van der Waals surface area contributed by atoms with Gasteiger partial charge in [0, 0.05) is 37.8 Å². The quantitative estimate of drug-likeness (QED) is 0.842. The van der Waals surface area contributed by atoms with Crippen LogP contribution in [-0.2, 0) is 9.53 Å². The lowest BCUT2D eigenvalue weighted by Gasteiger charge is -2.35. The molecule has 2 rings (SSSR count). The lowest BCUT2D eigenvalue weighted by atomic mass is 10.1. The van der Waals surface area contributed by atoms with E-state index < -0.39 is 11.9 Å². The van der Waals surface area contributed by atoms with Gasteiger partial charge in [0.25, 0.3) is 11.8 Å². The molecular weight excluding hydrogens is 323 g/mol. The number of hydrogen-bond acceptors (Lipinski definition) is 3.